The van der Waals surface area contributed by atoms with Gasteiger partial charge in [0.25, 0.3) is 5.91 Å². The lowest BCUT2D eigenvalue weighted by Gasteiger charge is -2.16. The van der Waals surface area contributed by atoms with E-state index in [2.05, 4.69) is 10.6 Å². The molecule has 3 N–H and O–H groups in total. The highest BCUT2D eigenvalue weighted by Gasteiger charge is 2.21. The fourth-order valence-corrected chi connectivity index (χ4v) is 2.03. The molecule has 0 spiro atoms. The van der Waals surface area contributed by atoms with Crippen LogP contribution in [0.2, 0.25) is 0 Å². The number of carboxylic acids is 1. The van der Waals surface area contributed by atoms with Crippen LogP contribution in [-0.4, -0.2) is 28.9 Å². The number of carbonyl (C=O) groups excluding carboxylic acids is 2. The Morgan fingerprint density at radius 3 is 2.22 bits per heavy atom. The third-order valence-corrected chi connectivity index (χ3v) is 3.34. The number of nitrogens with one attached hydrogen (secondary N) is 2. The lowest BCUT2D eigenvalue weighted by atomic mass is 10.0. The number of benzene rings is 1. The minimum atomic E-state index is -1.04. The normalized spacial score (nSPS) is 11.8. The zero-order valence-corrected chi connectivity index (χ0v) is 13.8. The second kappa shape index (κ2) is 8.92. The SMILES string of the molecule is CCC(=O)NCc1ccc(C(=O)NC(CC(C)C)C(=O)O)cc1. The van der Waals surface area contributed by atoms with Crippen molar-refractivity contribution in [2.24, 2.45) is 5.92 Å². The number of hydrogen-bond donors (Lipinski definition) is 3. The maximum absolute atomic E-state index is 12.1. The summed E-state index contributed by atoms with van der Waals surface area (Å²) in [7, 11) is 0. The van der Waals surface area contributed by atoms with Crippen molar-refractivity contribution in [2.45, 2.75) is 46.2 Å². The van der Waals surface area contributed by atoms with Gasteiger partial charge >= 0.3 is 5.97 Å². The Hall–Kier alpha value is -2.37. The molecule has 1 atom stereocenters. The molecule has 0 heterocycles. The second-order valence-corrected chi connectivity index (χ2v) is 5.82. The van der Waals surface area contributed by atoms with E-state index in [0.717, 1.165) is 5.56 Å². The molecule has 1 rings (SSSR count). The third-order valence-electron chi connectivity index (χ3n) is 3.34. The third kappa shape index (κ3) is 6.50. The van der Waals surface area contributed by atoms with Gasteiger partial charge < -0.3 is 15.7 Å². The maximum atomic E-state index is 12.1. The highest BCUT2D eigenvalue weighted by atomic mass is 16.4. The van der Waals surface area contributed by atoms with E-state index in [0.29, 0.717) is 24.9 Å². The molecule has 0 aliphatic rings. The van der Waals surface area contributed by atoms with Crippen LogP contribution in [0.15, 0.2) is 24.3 Å². The molecule has 1 aromatic rings. The highest BCUT2D eigenvalue weighted by molar-refractivity contribution is 5.96. The van der Waals surface area contributed by atoms with Crippen molar-refractivity contribution in [2.75, 3.05) is 0 Å². The zero-order chi connectivity index (χ0) is 17.4. The van der Waals surface area contributed by atoms with Crippen molar-refractivity contribution in [1.82, 2.24) is 10.6 Å². The maximum Gasteiger partial charge on any atom is 0.326 e. The topological polar surface area (TPSA) is 95.5 Å². The molecule has 0 aliphatic carbocycles. The number of carbonyl (C=O) groups is 3. The number of rotatable bonds is 8. The average molecular weight is 320 g/mol. The molecule has 0 fully saturated rings. The van der Waals surface area contributed by atoms with Crippen molar-refractivity contribution in [3.8, 4) is 0 Å². The first-order chi connectivity index (χ1) is 10.8. The largest absolute Gasteiger partial charge is 0.480 e. The lowest BCUT2D eigenvalue weighted by molar-refractivity contribution is -0.139. The first-order valence-corrected chi connectivity index (χ1v) is 7.72. The van der Waals surface area contributed by atoms with Gasteiger partial charge in [0.1, 0.15) is 6.04 Å². The Bertz CT molecular complexity index is 552. The van der Waals surface area contributed by atoms with Gasteiger partial charge in [0.2, 0.25) is 5.91 Å². The quantitative estimate of drug-likeness (QED) is 0.682. The molecule has 6 heteroatoms. The summed E-state index contributed by atoms with van der Waals surface area (Å²) in [5, 5.41) is 14.4. The van der Waals surface area contributed by atoms with Crippen LogP contribution in [0, 0.1) is 5.92 Å². The zero-order valence-electron chi connectivity index (χ0n) is 13.8. The molecule has 0 aromatic heterocycles. The Morgan fingerprint density at radius 2 is 1.74 bits per heavy atom. The molecule has 1 unspecified atom stereocenters. The monoisotopic (exact) mass is 320 g/mol. The van der Waals surface area contributed by atoms with Gasteiger partial charge in [-0.1, -0.05) is 32.9 Å². The predicted octanol–water partition coefficient (Wildman–Crippen LogP) is 1.94. The summed E-state index contributed by atoms with van der Waals surface area (Å²) < 4.78 is 0. The molecule has 23 heavy (non-hydrogen) atoms. The van der Waals surface area contributed by atoms with Gasteiger partial charge in [0, 0.05) is 18.5 Å². The molecular weight excluding hydrogens is 296 g/mol. The highest BCUT2D eigenvalue weighted by Crippen LogP contribution is 2.08. The van der Waals surface area contributed by atoms with Gasteiger partial charge in [-0.3, -0.25) is 9.59 Å². The summed E-state index contributed by atoms with van der Waals surface area (Å²) in [5.41, 5.74) is 1.27. The molecule has 1 aromatic carbocycles. The van der Waals surface area contributed by atoms with Crippen LogP contribution in [0.4, 0.5) is 0 Å². The fraction of sp³-hybridized carbons (Fsp3) is 0.471. The van der Waals surface area contributed by atoms with Crippen molar-refractivity contribution < 1.29 is 19.5 Å². The second-order valence-electron chi connectivity index (χ2n) is 5.82. The van der Waals surface area contributed by atoms with E-state index in [4.69, 9.17) is 5.11 Å². The number of aliphatic carboxylic acids is 1. The molecule has 0 radical (unpaired) electrons. The first-order valence-electron chi connectivity index (χ1n) is 7.72. The molecule has 2 amide bonds. The van der Waals surface area contributed by atoms with Crippen LogP contribution < -0.4 is 10.6 Å². The van der Waals surface area contributed by atoms with Gasteiger partial charge in [-0.25, -0.2) is 4.79 Å². The van der Waals surface area contributed by atoms with Crippen LogP contribution in [0.1, 0.15) is 49.5 Å². The molecule has 0 bridgehead atoms. The smallest absolute Gasteiger partial charge is 0.326 e. The Kier molecular flexibility index (Phi) is 7.25. The van der Waals surface area contributed by atoms with Crippen molar-refractivity contribution >= 4 is 17.8 Å². The van der Waals surface area contributed by atoms with Crippen LogP contribution in [0.5, 0.6) is 0 Å². The molecule has 6 nitrogen and oxygen atoms in total. The summed E-state index contributed by atoms with van der Waals surface area (Å²) in [4.78, 5) is 34.5. The van der Waals surface area contributed by atoms with Crippen LogP contribution >= 0.6 is 0 Å². The fourth-order valence-electron chi connectivity index (χ4n) is 2.03. The minimum absolute atomic E-state index is 0.0372. The number of hydrogen-bond acceptors (Lipinski definition) is 3. The van der Waals surface area contributed by atoms with Crippen LogP contribution in [-0.2, 0) is 16.1 Å². The van der Waals surface area contributed by atoms with Crippen molar-refractivity contribution in [3.63, 3.8) is 0 Å². The van der Waals surface area contributed by atoms with Crippen molar-refractivity contribution in [3.05, 3.63) is 35.4 Å². The average Bonchev–Trinajstić information content (AvgIpc) is 2.51. The summed E-state index contributed by atoms with van der Waals surface area (Å²) in [5.74, 6) is -1.32. The van der Waals surface area contributed by atoms with E-state index < -0.39 is 17.9 Å². The van der Waals surface area contributed by atoms with Gasteiger partial charge in [0.15, 0.2) is 0 Å². The Morgan fingerprint density at radius 1 is 1.13 bits per heavy atom. The predicted molar refractivity (Wildman–Crippen MR) is 86.9 cm³/mol. The van der Waals surface area contributed by atoms with Crippen LogP contribution in [0.25, 0.3) is 0 Å². The summed E-state index contributed by atoms with van der Waals surface area (Å²) >= 11 is 0. The Balaban J connectivity index is 2.65. The summed E-state index contributed by atoms with van der Waals surface area (Å²) in [6.07, 6.45) is 0.801. The molecule has 0 aliphatic heterocycles. The van der Waals surface area contributed by atoms with E-state index in [1.54, 1.807) is 31.2 Å². The summed E-state index contributed by atoms with van der Waals surface area (Å²) in [6, 6.07) is 5.83. The van der Waals surface area contributed by atoms with E-state index in [1.165, 1.54) is 0 Å². The standard InChI is InChI=1S/C17H24N2O4/c1-4-15(20)18-10-12-5-7-13(8-6-12)16(21)19-14(17(22)23)9-11(2)3/h5-8,11,14H,4,9-10H2,1-3H3,(H,18,20)(H,19,21)(H,22,23). The van der Waals surface area contributed by atoms with Gasteiger partial charge in [-0.05, 0) is 30.0 Å². The van der Waals surface area contributed by atoms with Gasteiger partial charge in [0.05, 0.1) is 0 Å². The van der Waals surface area contributed by atoms with Gasteiger partial charge in [-0.15, -0.1) is 0 Å². The van der Waals surface area contributed by atoms with E-state index in [1.807, 2.05) is 13.8 Å². The molecule has 126 valence electrons. The first kappa shape index (κ1) is 18.7. The Labute approximate surface area is 136 Å². The lowest BCUT2D eigenvalue weighted by Crippen LogP contribution is -2.41. The number of carboxylic acid groups (broad SMARTS) is 1. The molecular formula is C17H24N2O4. The van der Waals surface area contributed by atoms with Crippen LogP contribution in [0.3, 0.4) is 0 Å². The summed E-state index contributed by atoms with van der Waals surface area (Å²) in [6.45, 7) is 5.99. The minimum Gasteiger partial charge on any atom is -0.480 e. The molecule has 0 saturated carbocycles. The van der Waals surface area contributed by atoms with E-state index in [-0.39, 0.29) is 11.8 Å². The molecule has 0 saturated heterocycles. The van der Waals surface area contributed by atoms with E-state index >= 15 is 0 Å². The van der Waals surface area contributed by atoms with Crippen molar-refractivity contribution in [1.29, 1.82) is 0 Å². The van der Waals surface area contributed by atoms with Gasteiger partial charge in [-0.2, -0.15) is 0 Å². The number of amides is 2. The van der Waals surface area contributed by atoms with E-state index in [9.17, 15) is 14.4 Å².